The van der Waals surface area contributed by atoms with Crippen molar-refractivity contribution in [1.29, 1.82) is 0 Å². The van der Waals surface area contributed by atoms with Crippen molar-refractivity contribution < 1.29 is 9.18 Å². The Morgan fingerprint density at radius 1 is 1.39 bits per heavy atom. The summed E-state index contributed by atoms with van der Waals surface area (Å²) in [4.78, 5) is 19.4. The molecule has 1 aliphatic heterocycles. The maximum absolute atomic E-state index is 13.4. The summed E-state index contributed by atoms with van der Waals surface area (Å²) in [6, 6.07) is 4.79. The summed E-state index contributed by atoms with van der Waals surface area (Å²) in [6.45, 7) is 5.84. The fourth-order valence-corrected chi connectivity index (χ4v) is 3.30. The molecule has 0 spiro atoms. The zero-order valence-electron chi connectivity index (χ0n) is 13.6. The topological polar surface area (TPSA) is 65.4 Å². The van der Waals surface area contributed by atoms with E-state index in [0.717, 1.165) is 35.2 Å². The number of aromatic nitrogens is 1. The largest absolute Gasteiger partial charge is 0.369 e. The summed E-state index contributed by atoms with van der Waals surface area (Å²) in [5.41, 5.74) is 8.59. The van der Waals surface area contributed by atoms with Gasteiger partial charge in [-0.25, -0.2) is 4.39 Å². The van der Waals surface area contributed by atoms with E-state index in [-0.39, 0.29) is 17.6 Å². The number of hydrogen-bond acceptors (Lipinski definition) is 3. The molecular weight excluding hydrogens is 295 g/mol. The van der Waals surface area contributed by atoms with Crippen molar-refractivity contribution in [3.63, 3.8) is 0 Å². The van der Waals surface area contributed by atoms with Crippen LogP contribution in [0.4, 0.5) is 4.39 Å². The van der Waals surface area contributed by atoms with Crippen molar-refractivity contribution >= 4 is 16.8 Å². The van der Waals surface area contributed by atoms with Crippen LogP contribution < -0.4 is 5.73 Å². The Labute approximate surface area is 135 Å². The highest BCUT2D eigenvalue weighted by Crippen LogP contribution is 2.24. The zero-order valence-corrected chi connectivity index (χ0v) is 13.6. The minimum absolute atomic E-state index is 0.162. The van der Waals surface area contributed by atoms with Crippen LogP contribution in [0.25, 0.3) is 10.9 Å². The van der Waals surface area contributed by atoms with Crippen LogP contribution in [0.2, 0.25) is 0 Å². The van der Waals surface area contributed by atoms with E-state index < -0.39 is 0 Å². The number of nitrogens with two attached hydrogens (primary N) is 1. The van der Waals surface area contributed by atoms with Gasteiger partial charge in [0.15, 0.2) is 0 Å². The third kappa shape index (κ3) is 3.38. The first-order valence-electron chi connectivity index (χ1n) is 7.91. The minimum Gasteiger partial charge on any atom is -0.369 e. The Kier molecular flexibility index (Phi) is 4.37. The fourth-order valence-electron chi connectivity index (χ4n) is 3.30. The van der Waals surface area contributed by atoms with Gasteiger partial charge in [-0.1, -0.05) is 0 Å². The second-order valence-electron chi connectivity index (χ2n) is 6.52. The molecule has 0 unspecified atom stereocenters. The number of H-pyrrole nitrogens is 1. The van der Waals surface area contributed by atoms with Gasteiger partial charge in [-0.05, 0) is 37.7 Å². The van der Waals surface area contributed by atoms with Gasteiger partial charge in [0.05, 0.1) is 5.92 Å². The lowest BCUT2D eigenvalue weighted by Gasteiger charge is -2.22. The molecule has 1 aromatic carbocycles. The molecule has 1 saturated heterocycles. The number of amides is 1. The van der Waals surface area contributed by atoms with Crippen LogP contribution in [0.5, 0.6) is 0 Å². The van der Waals surface area contributed by atoms with E-state index in [2.05, 4.69) is 14.8 Å². The average Bonchev–Trinajstić information content (AvgIpc) is 2.68. The lowest BCUT2D eigenvalue weighted by molar-refractivity contribution is -0.122. The third-order valence-electron chi connectivity index (χ3n) is 4.72. The van der Waals surface area contributed by atoms with E-state index in [9.17, 15) is 9.18 Å². The summed E-state index contributed by atoms with van der Waals surface area (Å²) >= 11 is 0. The molecular formula is C17H23FN4O. The van der Waals surface area contributed by atoms with Crippen molar-refractivity contribution in [1.82, 2.24) is 14.8 Å². The molecule has 0 saturated carbocycles. The number of nitrogens with zero attached hydrogens (tertiary/aromatic N) is 2. The molecule has 124 valence electrons. The van der Waals surface area contributed by atoms with Gasteiger partial charge < -0.3 is 15.6 Å². The van der Waals surface area contributed by atoms with E-state index >= 15 is 0 Å². The molecule has 0 aliphatic carbocycles. The number of likely N-dealkylation sites (N-methyl/N-ethyl adjacent to an activating group) is 1. The molecule has 2 heterocycles. The number of benzene rings is 1. The predicted octanol–water partition coefficient (Wildman–Crippen LogP) is 1.46. The lowest BCUT2D eigenvalue weighted by atomic mass is 10.1. The number of carbonyl (C=O) groups excluding carboxylic acids is 1. The molecule has 6 heteroatoms. The molecule has 0 radical (unpaired) electrons. The quantitative estimate of drug-likeness (QED) is 0.900. The number of aryl methyl sites for hydroxylation is 1. The Bertz CT molecular complexity index is 727. The summed E-state index contributed by atoms with van der Waals surface area (Å²) in [5, 5.41) is 0.915. The smallest absolute Gasteiger partial charge is 0.223 e. The van der Waals surface area contributed by atoms with Crippen LogP contribution in [0, 0.1) is 18.7 Å². The van der Waals surface area contributed by atoms with E-state index in [1.54, 1.807) is 12.1 Å². The maximum atomic E-state index is 13.4. The van der Waals surface area contributed by atoms with Crippen LogP contribution >= 0.6 is 0 Å². The van der Waals surface area contributed by atoms with Gasteiger partial charge in [-0.3, -0.25) is 9.69 Å². The zero-order chi connectivity index (χ0) is 16.6. The fraction of sp³-hybridized carbons (Fsp3) is 0.471. The third-order valence-corrected chi connectivity index (χ3v) is 4.72. The molecule has 1 amide bonds. The highest BCUT2D eigenvalue weighted by atomic mass is 19.1. The highest BCUT2D eigenvalue weighted by molar-refractivity contribution is 5.84. The summed E-state index contributed by atoms with van der Waals surface area (Å²) in [6.07, 6.45) is 0. The van der Waals surface area contributed by atoms with Crippen LogP contribution in [0.1, 0.15) is 11.3 Å². The highest BCUT2D eigenvalue weighted by Gasteiger charge is 2.25. The van der Waals surface area contributed by atoms with E-state index in [0.29, 0.717) is 19.6 Å². The van der Waals surface area contributed by atoms with Gasteiger partial charge in [0.1, 0.15) is 5.82 Å². The Morgan fingerprint density at radius 2 is 2.17 bits per heavy atom. The summed E-state index contributed by atoms with van der Waals surface area (Å²) in [5.74, 6) is -0.639. The number of rotatable bonds is 3. The minimum atomic E-state index is -0.251. The molecule has 1 aromatic heterocycles. The molecule has 3 N–H and O–H groups in total. The number of carbonyl (C=O) groups is 1. The van der Waals surface area contributed by atoms with Crippen LogP contribution in [-0.4, -0.2) is 53.9 Å². The second-order valence-corrected chi connectivity index (χ2v) is 6.52. The molecule has 1 aliphatic rings. The van der Waals surface area contributed by atoms with Crippen molar-refractivity contribution in [3.05, 3.63) is 35.3 Å². The first-order valence-corrected chi connectivity index (χ1v) is 7.91. The number of hydrogen-bond donors (Lipinski definition) is 2. The normalized spacial score (nSPS) is 20.7. The first-order chi connectivity index (χ1) is 10.9. The maximum Gasteiger partial charge on any atom is 0.223 e. The molecule has 0 bridgehead atoms. The van der Waals surface area contributed by atoms with Crippen LogP contribution in [0.3, 0.4) is 0 Å². The Morgan fingerprint density at radius 3 is 2.91 bits per heavy atom. The van der Waals surface area contributed by atoms with Gasteiger partial charge in [0.2, 0.25) is 5.91 Å². The van der Waals surface area contributed by atoms with Crippen molar-refractivity contribution in [2.75, 3.05) is 33.2 Å². The standard InChI is InChI=1S/C17H23FN4O/c1-11-14-7-13(18)3-4-15(14)20-16(11)10-22-6-5-21(2)8-12(9-22)17(19)23/h3-4,7,12,20H,5-6,8-10H2,1-2H3,(H2,19,23)/t12-/m1/s1. The molecule has 1 fully saturated rings. The number of primary amides is 1. The van der Waals surface area contributed by atoms with Gasteiger partial charge in [-0.2, -0.15) is 0 Å². The molecule has 5 nitrogen and oxygen atoms in total. The van der Waals surface area contributed by atoms with Gasteiger partial charge in [-0.15, -0.1) is 0 Å². The lowest BCUT2D eigenvalue weighted by Crippen LogP contribution is -2.37. The van der Waals surface area contributed by atoms with Crippen LogP contribution in [-0.2, 0) is 11.3 Å². The van der Waals surface area contributed by atoms with Crippen LogP contribution in [0.15, 0.2) is 18.2 Å². The van der Waals surface area contributed by atoms with Crippen molar-refractivity contribution in [3.8, 4) is 0 Å². The molecule has 1 atom stereocenters. The second kappa shape index (κ2) is 6.29. The summed E-state index contributed by atoms with van der Waals surface area (Å²) < 4.78 is 13.4. The average molecular weight is 318 g/mol. The van der Waals surface area contributed by atoms with E-state index in [4.69, 9.17) is 5.73 Å². The number of aromatic amines is 1. The van der Waals surface area contributed by atoms with Gasteiger partial charge in [0.25, 0.3) is 0 Å². The number of halogens is 1. The predicted molar refractivity (Wildman–Crippen MR) is 88.5 cm³/mol. The Hall–Kier alpha value is -1.92. The number of nitrogens with one attached hydrogen (secondary N) is 1. The van der Waals surface area contributed by atoms with Gasteiger partial charge in [0, 0.05) is 49.3 Å². The molecule has 2 aromatic rings. The van der Waals surface area contributed by atoms with E-state index in [1.807, 2.05) is 14.0 Å². The van der Waals surface area contributed by atoms with Gasteiger partial charge >= 0.3 is 0 Å². The number of fused-ring (bicyclic) bond motifs is 1. The van der Waals surface area contributed by atoms with Crippen molar-refractivity contribution in [2.24, 2.45) is 11.7 Å². The van der Waals surface area contributed by atoms with E-state index in [1.165, 1.54) is 6.07 Å². The first kappa shape index (κ1) is 16.0. The molecule has 3 rings (SSSR count). The molecule has 23 heavy (non-hydrogen) atoms. The SMILES string of the molecule is Cc1c(CN2CCN(C)C[C@@H](C(N)=O)C2)[nH]c2ccc(F)cc12. The monoisotopic (exact) mass is 318 g/mol. The summed E-state index contributed by atoms with van der Waals surface area (Å²) in [7, 11) is 2.01. The Balaban J connectivity index is 1.83. The van der Waals surface area contributed by atoms with Crippen molar-refractivity contribution in [2.45, 2.75) is 13.5 Å².